The van der Waals surface area contributed by atoms with Crippen molar-refractivity contribution in [3.63, 3.8) is 0 Å². The smallest absolute Gasteiger partial charge is 0.268 e. The molecular weight excluding hydrogens is 290 g/mol. The number of rotatable bonds is 3. The molecule has 1 unspecified atom stereocenters. The second kappa shape index (κ2) is 5.72. The number of likely N-dealkylation sites (N-methyl/N-ethyl adjacent to an activating group) is 1. The van der Waals surface area contributed by atoms with Gasteiger partial charge in [0.1, 0.15) is 5.69 Å². The molecule has 3 rings (SSSR count). The number of carbonyl (C=O) groups excluding carboxylic acids is 2. The number of amides is 2. The van der Waals surface area contributed by atoms with Crippen LogP contribution in [0.3, 0.4) is 0 Å². The summed E-state index contributed by atoms with van der Waals surface area (Å²) in [5.74, 6) is 0.0440. The van der Waals surface area contributed by atoms with Gasteiger partial charge in [0.2, 0.25) is 5.91 Å². The van der Waals surface area contributed by atoms with Gasteiger partial charge in [-0.3, -0.25) is 9.59 Å². The number of likely N-dealkylation sites (tertiary alicyclic amines) is 1. The first kappa shape index (κ1) is 15.6. The largest absolute Gasteiger partial charge is 0.350 e. The lowest BCUT2D eigenvalue weighted by Crippen LogP contribution is -2.39. The minimum absolute atomic E-state index is 0.0969. The van der Waals surface area contributed by atoms with E-state index in [1.165, 1.54) is 5.56 Å². The Morgan fingerprint density at radius 2 is 2.00 bits per heavy atom. The standard InChI is InChI=1S/C18H23N3O2/c1-10-5-6-11(2)16-15(10)12(3)17(20-16)18(23)19-9-13-7-8-14(22)21(13)4/h5-6,13,20H,7-9H2,1-4H3,(H,19,23). The zero-order valence-corrected chi connectivity index (χ0v) is 14.1. The number of hydrogen-bond acceptors (Lipinski definition) is 2. The molecule has 2 amide bonds. The van der Waals surface area contributed by atoms with E-state index < -0.39 is 0 Å². The van der Waals surface area contributed by atoms with Crippen LogP contribution in [0.25, 0.3) is 10.9 Å². The number of aryl methyl sites for hydroxylation is 3. The normalized spacial score (nSPS) is 18.0. The SMILES string of the molecule is Cc1ccc(C)c2c(C)c(C(=O)NCC3CCC(=O)N3C)[nH]c12. The van der Waals surface area contributed by atoms with Crippen molar-refractivity contribution in [3.05, 3.63) is 34.5 Å². The highest BCUT2D eigenvalue weighted by atomic mass is 16.2. The Kier molecular flexibility index (Phi) is 3.88. The first-order chi connectivity index (χ1) is 10.9. The Labute approximate surface area is 136 Å². The zero-order valence-electron chi connectivity index (χ0n) is 14.1. The molecule has 0 saturated carbocycles. The van der Waals surface area contributed by atoms with E-state index in [1.807, 2.05) is 13.8 Å². The molecule has 2 heterocycles. The van der Waals surface area contributed by atoms with E-state index in [0.717, 1.165) is 28.5 Å². The van der Waals surface area contributed by atoms with E-state index in [0.29, 0.717) is 18.7 Å². The molecule has 5 heteroatoms. The third-order valence-corrected chi connectivity index (χ3v) is 4.98. The molecule has 1 atom stereocenters. The van der Waals surface area contributed by atoms with Crippen molar-refractivity contribution in [2.75, 3.05) is 13.6 Å². The third-order valence-electron chi connectivity index (χ3n) is 4.98. The number of nitrogens with zero attached hydrogens (tertiary/aromatic N) is 1. The molecule has 1 aliphatic rings. The summed E-state index contributed by atoms with van der Waals surface area (Å²) in [6.45, 7) is 6.57. The number of benzene rings is 1. The van der Waals surface area contributed by atoms with Gasteiger partial charge in [0, 0.05) is 37.0 Å². The fourth-order valence-electron chi connectivity index (χ4n) is 3.43. The average molecular weight is 313 g/mol. The van der Waals surface area contributed by atoms with Gasteiger partial charge in [-0.25, -0.2) is 0 Å². The lowest BCUT2D eigenvalue weighted by atomic mass is 10.0. The number of aromatic nitrogens is 1. The van der Waals surface area contributed by atoms with Crippen molar-refractivity contribution in [2.45, 2.75) is 39.7 Å². The van der Waals surface area contributed by atoms with Crippen LogP contribution in [0.1, 0.15) is 40.0 Å². The summed E-state index contributed by atoms with van der Waals surface area (Å²) in [6.07, 6.45) is 1.38. The predicted molar refractivity (Wildman–Crippen MR) is 90.6 cm³/mol. The van der Waals surface area contributed by atoms with Gasteiger partial charge >= 0.3 is 0 Å². The number of fused-ring (bicyclic) bond motifs is 1. The number of hydrogen-bond donors (Lipinski definition) is 2. The molecule has 5 nitrogen and oxygen atoms in total. The van der Waals surface area contributed by atoms with Crippen LogP contribution in [0.4, 0.5) is 0 Å². The van der Waals surface area contributed by atoms with Crippen molar-refractivity contribution >= 4 is 22.7 Å². The van der Waals surface area contributed by atoms with Gasteiger partial charge in [0.15, 0.2) is 0 Å². The van der Waals surface area contributed by atoms with Gasteiger partial charge in [-0.05, 0) is 43.9 Å². The van der Waals surface area contributed by atoms with Crippen molar-refractivity contribution in [3.8, 4) is 0 Å². The Morgan fingerprint density at radius 3 is 2.61 bits per heavy atom. The molecule has 0 aliphatic carbocycles. The highest BCUT2D eigenvalue weighted by Crippen LogP contribution is 2.27. The average Bonchev–Trinajstić information content (AvgIpc) is 3.03. The van der Waals surface area contributed by atoms with Crippen molar-refractivity contribution in [1.29, 1.82) is 0 Å². The molecular formula is C18H23N3O2. The summed E-state index contributed by atoms with van der Waals surface area (Å²) in [6, 6.07) is 4.24. The number of nitrogens with one attached hydrogen (secondary N) is 2. The maximum Gasteiger partial charge on any atom is 0.268 e. The van der Waals surface area contributed by atoms with Gasteiger partial charge in [0.25, 0.3) is 5.91 Å². The van der Waals surface area contributed by atoms with Gasteiger partial charge in [-0.1, -0.05) is 12.1 Å². The fraction of sp³-hybridized carbons (Fsp3) is 0.444. The predicted octanol–water partition coefficient (Wildman–Crippen LogP) is 2.44. The topological polar surface area (TPSA) is 65.2 Å². The maximum atomic E-state index is 12.6. The van der Waals surface area contributed by atoms with Crippen LogP contribution in [-0.4, -0.2) is 41.3 Å². The molecule has 0 spiro atoms. The number of carbonyl (C=O) groups is 2. The van der Waals surface area contributed by atoms with Crippen LogP contribution in [0.15, 0.2) is 12.1 Å². The molecule has 122 valence electrons. The maximum absolute atomic E-state index is 12.6. The quantitative estimate of drug-likeness (QED) is 0.914. The minimum atomic E-state index is -0.106. The summed E-state index contributed by atoms with van der Waals surface area (Å²) >= 11 is 0. The fourth-order valence-corrected chi connectivity index (χ4v) is 3.43. The molecule has 1 aromatic heterocycles. The summed E-state index contributed by atoms with van der Waals surface area (Å²) in [4.78, 5) is 29.1. The number of H-pyrrole nitrogens is 1. The van der Waals surface area contributed by atoms with Gasteiger partial charge in [0.05, 0.1) is 0 Å². The summed E-state index contributed by atoms with van der Waals surface area (Å²) < 4.78 is 0. The van der Waals surface area contributed by atoms with Crippen LogP contribution < -0.4 is 5.32 Å². The molecule has 1 saturated heterocycles. The molecule has 0 bridgehead atoms. The Morgan fingerprint density at radius 1 is 1.30 bits per heavy atom. The summed E-state index contributed by atoms with van der Waals surface area (Å²) in [5.41, 5.74) is 4.92. The molecule has 0 radical (unpaired) electrons. The third kappa shape index (κ3) is 2.60. The Bertz CT molecular complexity index is 791. The summed E-state index contributed by atoms with van der Waals surface area (Å²) in [7, 11) is 1.80. The Balaban J connectivity index is 1.82. The van der Waals surface area contributed by atoms with Crippen molar-refractivity contribution < 1.29 is 9.59 Å². The summed E-state index contributed by atoms with van der Waals surface area (Å²) in [5, 5.41) is 4.10. The van der Waals surface area contributed by atoms with Gasteiger partial charge in [-0.2, -0.15) is 0 Å². The molecule has 1 fully saturated rings. The second-order valence-corrected chi connectivity index (χ2v) is 6.48. The highest BCUT2D eigenvalue weighted by molar-refractivity contribution is 6.02. The van der Waals surface area contributed by atoms with Crippen LogP contribution in [-0.2, 0) is 4.79 Å². The van der Waals surface area contributed by atoms with Gasteiger partial charge in [-0.15, -0.1) is 0 Å². The van der Waals surface area contributed by atoms with Crippen LogP contribution >= 0.6 is 0 Å². The van der Waals surface area contributed by atoms with E-state index in [2.05, 4.69) is 29.4 Å². The Hall–Kier alpha value is -2.30. The van der Waals surface area contributed by atoms with E-state index in [9.17, 15) is 9.59 Å². The minimum Gasteiger partial charge on any atom is -0.350 e. The molecule has 1 aliphatic heterocycles. The molecule has 1 aromatic carbocycles. The van der Waals surface area contributed by atoms with E-state index in [-0.39, 0.29) is 17.9 Å². The first-order valence-corrected chi connectivity index (χ1v) is 8.02. The molecule has 23 heavy (non-hydrogen) atoms. The molecule has 2 N–H and O–H groups in total. The second-order valence-electron chi connectivity index (χ2n) is 6.48. The number of aromatic amines is 1. The van der Waals surface area contributed by atoms with Crippen molar-refractivity contribution in [2.24, 2.45) is 0 Å². The van der Waals surface area contributed by atoms with Crippen LogP contribution in [0.2, 0.25) is 0 Å². The van der Waals surface area contributed by atoms with E-state index in [4.69, 9.17) is 0 Å². The lowest BCUT2D eigenvalue weighted by Gasteiger charge is -2.20. The van der Waals surface area contributed by atoms with Crippen LogP contribution in [0.5, 0.6) is 0 Å². The monoisotopic (exact) mass is 313 g/mol. The van der Waals surface area contributed by atoms with E-state index in [1.54, 1.807) is 11.9 Å². The highest BCUT2D eigenvalue weighted by Gasteiger charge is 2.28. The van der Waals surface area contributed by atoms with Crippen LogP contribution in [0, 0.1) is 20.8 Å². The van der Waals surface area contributed by atoms with Crippen molar-refractivity contribution in [1.82, 2.24) is 15.2 Å². The van der Waals surface area contributed by atoms with Gasteiger partial charge < -0.3 is 15.2 Å². The first-order valence-electron chi connectivity index (χ1n) is 8.02. The zero-order chi connectivity index (χ0) is 16.7. The molecule has 2 aromatic rings. The van der Waals surface area contributed by atoms with E-state index >= 15 is 0 Å². The lowest BCUT2D eigenvalue weighted by molar-refractivity contribution is -0.127.